The Morgan fingerprint density at radius 2 is 1.36 bits per heavy atom. The lowest BCUT2D eigenvalue weighted by Crippen LogP contribution is -2.39. The Kier molecular flexibility index (Phi) is 7.88. The molecule has 0 N–H and O–H groups in total. The maximum atomic E-state index is 12.3. The summed E-state index contributed by atoms with van der Waals surface area (Å²) in [5, 5.41) is 0. The van der Waals surface area contributed by atoms with Gasteiger partial charge in [0, 0.05) is 5.56 Å². The predicted octanol–water partition coefficient (Wildman–Crippen LogP) is 3.16. The van der Waals surface area contributed by atoms with E-state index in [1.165, 1.54) is 0 Å². The molecule has 0 radical (unpaired) electrons. The van der Waals surface area contributed by atoms with Crippen molar-refractivity contribution in [3.8, 4) is 0 Å². The highest BCUT2D eigenvalue weighted by atomic mass is 16.8. The van der Waals surface area contributed by atoms with Gasteiger partial charge in [-0.2, -0.15) is 0 Å². The molecule has 0 spiro atoms. The van der Waals surface area contributed by atoms with Gasteiger partial charge in [0.05, 0.1) is 13.2 Å². The van der Waals surface area contributed by atoms with Gasteiger partial charge in [-0.25, -0.2) is 9.59 Å². The monoisotopic (exact) mass is 350 g/mol. The summed E-state index contributed by atoms with van der Waals surface area (Å²) >= 11 is 0. The lowest BCUT2D eigenvalue weighted by Gasteiger charge is -2.14. The van der Waals surface area contributed by atoms with Crippen molar-refractivity contribution >= 4 is 11.9 Å². The zero-order valence-corrected chi connectivity index (χ0v) is 14.8. The third-order valence-electron chi connectivity index (χ3n) is 3.84. The van der Waals surface area contributed by atoms with Gasteiger partial charge < -0.3 is 18.9 Å². The summed E-state index contributed by atoms with van der Waals surface area (Å²) in [7, 11) is 0. The highest BCUT2D eigenvalue weighted by Crippen LogP contribution is 2.32. The number of ether oxygens (including phenoxy) is 4. The van der Waals surface area contributed by atoms with Crippen molar-refractivity contribution in [2.45, 2.75) is 58.0 Å². The van der Waals surface area contributed by atoms with Gasteiger partial charge in [0.1, 0.15) is 0 Å². The minimum Gasteiger partial charge on any atom is -0.464 e. The summed E-state index contributed by atoms with van der Waals surface area (Å²) < 4.78 is 21.8. The standard InChI is InChI=1S/C19H26O6/c1-3-5-12-22-17(20)15-16(18(21)23-13-6-4-2)25-19(24-15)14-10-8-7-9-11-14/h7-11,15-16,19H,3-6,12-13H2,1-2H3/t15-,16+,19?. The largest absolute Gasteiger partial charge is 0.464 e. The minimum atomic E-state index is -1.11. The third-order valence-corrected chi connectivity index (χ3v) is 3.84. The molecule has 0 aromatic heterocycles. The molecule has 6 nitrogen and oxygen atoms in total. The second-order valence-corrected chi connectivity index (χ2v) is 5.90. The van der Waals surface area contributed by atoms with Crippen LogP contribution in [0.5, 0.6) is 0 Å². The number of hydrogen-bond donors (Lipinski definition) is 0. The van der Waals surface area contributed by atoms with Crippen molar-refractivity contribution in [3.63, 3.8) is 0 Å². The van der Waals surface area contributed by atoms with Gasteiger partial charge in [0.25, 0.3) is 0 Å². The number of benzene rings is 1. The van der Waals surface area contributed by atoms with E-state index in [-0.39, 0.29) is 0 Å². The number of esters is 2. The Morgan fingerprint density at radius 3 is 1.80 bits per heavy atom. The molecule has 1 aromatic rings. The van der Waals surface area contributed by atoms with Crippen LogP contribution >= 0.6 is 0 Å². The highest BCUT2D eigenvalue weighted by Gasteiger charge is 2.47. The molecule has 25 heavy (non-hydrogen) atoms. The van der Waals surface area contributed by atoms with Crippen molar-refractivity contribution < 1.29 is 28.5 Å². The average molecular weight is 350 g/mol. The van der Waals surface area contributed by atoms with Crippen LogP contribution in [0, 0.1) is 0 Å². The van der Waals surface area contributed by atoms with E-state index in [0.29, 0.717) is 13.2 Å². The number of carbonyl (C=O) groups is 2. The van der Waals surface area contributed by atoms with Gasteiger partial charge in [0.15, 0.2) is 18.5 Å². The van der Waals surface area contributed by atoms with Crippen LogP contribution in [-0.4, -0.2) is 37.4 Å². The number of unbranched alkanes of at least 4 members (excludes halogenated alkanes) is 2. The Balaban J connectivity index is 2.05. The first-order valence-electron chi connectivity index (χ1n) is 8.86. The van der Waals surface area contributed by atoms with Crippen LogP contribution in [0.2, 0.25) is 0 Å². The molecule has 1 saturated heterocycles. The molecule has 3 atom stereocenters. The van der Waals surface area contributed by atoms with E-state index in [9.17, 15) is 9.59 Å². The predicted molar refractivity (Wildman–Crippen MR) is 90.7 cm³/mol. The van der Waals surface area contributed by atoms with Gasteiger partial charge in [-0.15, -0.1) is 0 Å². The first-order valence-corrected chi connectivity index (χ1v) is 8.86. The molecule has 1 unspecified atom stereocenters. The zero-order valence-electron chi connectivity index (χ0n) is 14.8. The van der Waals surface area contributed by atoms with Crippen molar-refractivity contribution in [2.75, 3.05) is 13.2 Å². The molecule has 1 aliphatic heterocycles. The third kappa shape index (κ3) is 5.54. The highest BCUT2D eigenvalue weighted by molar-refractivity contribution is 5.86. The molecule has 0 amide bonds. The van der Waals surface area contributed by atoms with Crippen molar-refractivity contribution in [1.82, 2.24) is 0 Å². The molecule has 0 aliphatic carbocycles. The van der Waals surface area contributed by atoms with Crippen LogP contribution < -0.4 is 0 Å². The number of carbonyl (C=O) groups excluding carboxylic acids is 2. The Morgan fingerprint density at radius 1 is 0.880 bits per heavy atom. The summed E-state index contributed by atoms with van der Waals surface area (Å²) in [6.45, 7) is 4.59. The molecule has 1 fully saturated rings. The summed E-state index contributed by atoms with van der Waals surface area (Å²) in [6, 6.07) is 9.17. The van der Waals surface area contributed by atoms with E-state index >= 15 is 0 Å². The fourth-order valence-electron chi connectivity index (χ4n) is 2.37. The van der Waals surface area contributed by atoms with Crippen LogP contribution in [0.4, 0.5) is 0 Å². The maximum Gasteiger partial charge on any atom is 0.338 e. The number of hydrogen-bond acceptors (Lipinski definition) is 6. The van der Waals surface area contributed by atoms with E-state index in [1.807, 2.05) is 44.2 Å². The second kappa shape index (κ2) is 10.2. The van der Waals surface area contributed by atoms with Crippen LogP contribution in [0.1, 0.15) is 51.4 Å². The van der Waals surface area contributed by atoms with Crippen LogP contribution in [0.3, 0.4) is 0 Å². The lowest BCUT2D eigenvalue weighted by atomic mass is 10.2. The molecule has 0 bridgehead atoms. The van der Waals surface area contributed by atoms with Gasteiger partial charge >= 0.3 is 11.9 Å². The summed E-state index contributed by atoms with van der Waals surface area (Å²) in [5.74, 6) is -1.19. The molecule has 1 aliphatic rings. The van der Waals surface area contributed by atoms with Gasteiger partial charge in [-0.1, -0.05) is 57.0 Å². The molecule has 1 aromatic carbocycles. The molecular weight excluding hydrogens is 324 g/mol. The Bertz CT molecular complexity index is 514. The fourth-order valence-corrected chi connectivity index (χ4v) is 2.37. The fraction of sp³-hybridized carbons (Fsp3) is 0.579. The molecule has 2 rings (SSSR count). The normalized spacial score (nSPS) is 22.6. The Hall–Kier alpha value is -1.92. The quantitative estimate of drug-likeness (QED) is 0.503. The van der Waals surface area contributed by atoms with Gasteiger partial charge in [-0.3, -0.25) is 0 Å². The molecule has 1 heterocycles. The minimum absolute atomic E-state index is 0.294. The number of rotatable bonds is 9. The van der Waals surface area contributed by atoms with E-state index in [4.69, 9.17) is 18.9 Å². The van der Waals surface area contributed by atoms with E-state index in [2.05, 4.69) is 0 Å². The van der Waals surface area contributed by atoms with Crippen molar-refractivity contribution in [3.05, 3.63) is 35.9 Å². The molecule has 138 valence electrons. The van der Waals surface area contributed by atoms with Crippen LogP contribution in [0.15, 0.2) is 30.3 Å². The SMILES string of the molecule is CCCCOC(=O)[C@H]1OC(c2ccccc2)O[C@H]1C(=O)OCCCC. The molecular formula is C19H26O6. The second-order valence-electron chi connectivity index (χ2n) is 5.90. The van der Waals surface area contributed by atoms with Gasteiger partial charge in [-0.05, 0) is 12.8 Å². The van der Waals surface area contributed by atoms with Crippen LogP contribution in [0.25, 0.3) is 0 Å². The first kappa shape index (κ1) is 19.4. The summed E-state index contributed by atoms with van der Waals surface area (Å²) in [6.07, 6.45) is 0.301. The Labute approximate surface area is 148 Å². The van der Waals surface area contributed by atoms with E-state index in [1.54, 1.807) is 0 Å². The lowest BCUT2D eigenvalue weighted by molar-refractivity contribution is -0.163. The smallest absolute Gasteiger partial charge is 0.338 e. The van der Waals surface area contributed by atoms with E-state index in [0.717, 1.165) is 31.2 Å². The maximum absolute atomic E-state index is 12.3. The van der Waals surface area contributed by atoms with Crippen molar-refractivity contribution in [2.24, 2.45) is 0 Å². The zero-order chi connectivity index (χ0) is 18.1. The summed E-state index contributed by atoms with van der Waals surface area (Å²) in [5.41, 5.74) is 0.734. The van der Waals surface area contributed by atoms with Gasteiger partial charge in [0.2, 0.25) is 0 Å². The molecule has 6 heteroatoms. The molecule has 0 saturated carbocycles. The van der Waals surface area contributed by atoms with Crippen molar-refractivity contribution in [1.29, 1.82) is 0 Å². The first-order chi connectivity index (χ1) is 12.2. The topological polar surface area (TPSA) is 71.1 Å². The summed E-state index contributed by atoms with van der Waals surface area (Å²) in [4.78, 5) is 24.6. The van der Waals surface area contributed by atoms with Crippen LogP contribution in [-0.2, 0) is 28.5 Å². The van der Waals surface area contributed by atoms with E-state index < -0.39 is 30.4 Å². The average Bonchev–Trinajstić information content (AvgIpc) is 3.08.